The number of aliphatic hydroxyl groups excluding tert-OH is 1. The largest absolute Gasteiger partial charge is 0.399 e. The number of benzene rings is 1. The van der Waals surface area contributed by atoms with Crippen LogP contribution in [0, 0.1) is 0 Å². The summed E-state index contributed by atoms with van der Waals surface area (Å²) in [5, 5.41) is 10.9. The number of rotatable bonds is 4. The number of hydrogen-bond donors (Lipinski definition) is 3. The van der Waals surface area contributed by atoms with Gasteiger partial charge in [0.05, 0.1) is 12.4 Å². The molecule has 4 N–H and O–H groups in total. The Balaban J connectivity index is 1.73. The molecule has 20 heavy (non-hydrogen) atoms. The highest BCUT2D eigenvalue weighted by atomic mass is 32.2. The Morgan fingerprint density at radius 1 is 1.20 bits per heavy atom. The molecule has 102 valence electrons. The lowest BCUT2D eigenvalue weighted by Gasteiger charge is -2.10. The van der Waals surface area contributed by atoms with E-state index in [0.29, 0.717) is 17.1 Å². The number of thioether (sulfide) groups is 1. The van der Waals surface area contributed by atoms with Gasteiger partial charge in [0, 0.05) is 11.4 Å². The van der Waals surface area contributed by atoms with Crippen molar-refractivity contribution >= 4 is 28.6 Å². The molecule has 0 saturated carbocycles. The highest BCUT2D eigenvalue weighted by Crippen LogP contribution is 2.27. The first-order valence-corrected chi connectivity index (χ1v) is 7.03. The monoisotopic (exact) mass is 287 g/mol. The van der Waals surface area contributed by atoms with Gasteiger partial charge in [0.25, 0.3) is 0 Å². The van der Waals surface area contributed by atoms with Crippen LogP contribution in [0.3, 0.4) is 0 Å². The summed E-state index contributed by atoms with van der Waals surface area (Å²) >= 11 is 1.46. The molecular formula is C13H13N5OS. The number of aromatic nitrogens is 4. The van der Waals surface area contributed by atoms with Gasteiger partial charge in [-0.25, -0.2) is 15.0 Å². The third-order valence-corrected chi connectivity index (χ3v) is 3.95. The number of anilines is 1. The van der Waals surface area contributed by atoms with Crippen LogP contribution in [0.15, 0.2) is 41.9 Å². The van der Waals surface area contributed by atoms with Gasteiger partial charge in [-0.2, -0.15) is 0 Å². The van der Waals surface area contributed by atoms with Crippen molar-refractivity contribution in [3.63, 3.8) is 0 Å². The average molecular weight is 287 g/mol. The number of nitrogens with one attached hydrogen (secondary N) is 1. The van der Waals surface area contributed by atoms with E-state index in [0.717, 1.165) is 16.1 Å². The fourth-order valence-corrected chi connectivity index (χ4v) is 2.75. The third-order valence-electron chi connectivity index (χ3n) is 2.89. The maximum Gasteiger partial charge on any atom is 0.181 e. The Kier molecular flexibility index (Phi) is 3.53. The lowest BCUT2D eigenvalue weighted by molar-refractivity contribution is 0.204. The molecule has 0 aliphatic rings. The Hall–Kier alpha value is -2.12. The zero-order valence-electron chi connectivity index (χ0n) is 10.5. The van der Waals surface area contributed by atoms with Crippen LogP contribution in [0.25, 0.3) is 11.2 Å². The van der Waals surface area contributed by atoms with Crippen molar-refractivity contribution in [1.82, 2.24) is 19.9 Å². The quantitative estimate of drug-likeness (QED) is 0.384. The van der Waals surface area contributed by atoms with Crippen LogP contribution in [0.4, 0.5) is 5.69 Å². The molecular weight excluding hydrogens is 274 g/mol. The molecule has 1 aromatic carbocycles. The molecule has 3 rings (SSSR count). The highest BCUT2D eigenvalue weighted by Gasteiger charge is 2.11. The molecule has 0 aliphatic carbocycles. The van der Waals surface area contributed by atoms with Crippen LogP contribution in [0.5, 0.6) is 0 Å². The number of H-pyrrole nitrogens is 1. The van der Waals surface area contributed by atoms with Crippen molar-refractivity contribution in [3.05, 3.63) is 42.5 Å². The Labute approximate surface area is 119 Å². The van der Waals surface area contributed by atoms with Crippen LogP contribution in [-0.2, 0) is 0 Å². The topological polar surface area (TPSA) is 101 Å². The van der Waals surface area contributed by atoms with Crippen molar-refractivity contribution in [3.8, 4) is 0 Å². The van der Waals surface area contributed by atoms with E-state index >= 15 is 0 Å². The molecule has 2 heterocycles. The van der Waals surface area contributed by atoms with E-state index in [9.17, 15) is 5.11 Å². The summed E-state index contributed by atoms with van der Waals surface area (Å²) in [6.45, 7) is 0. The summed E-state index contributed by atoms with van der Waals surface area (Å²) in [4.78, 5) is 15.3. The molecule has 6 nitrogen and oxygen atoms in total. The number of nitrogens with zero attached hydrogens (tertiary/aromatic N) is 3. The highest BCUT2D eigenvalue weighted by molar-refractivity contribution is 7.99. The first kappa shape index (κ1) is 12.9. The molecule has 1 atom stereocenters. The summed E-state index contributed by atoms with van der Waals surface area (Å²) in [7, 11) is 0. The fourth-order valence-electron chi connectivity index (χ4n) is 1.82. The van der Waals surface area contributed by atoms with Crippen molar-refractivity contribution in [2.45, 2.75) is 11.1 Å². The van der Waals surface area contributed by atoms with E-state index in [1.54, 1.807) is 18.5 Å². The van der Waals surface area contributed by atoms with Gasteiger partial charge >= 0.3 is 0 Å². The molecule has 0 saturated heterocycles. The maximum atomic E-state index is 10.2. The van der Waals surface area contributed by atoms with Crippen LogP contribution in [0.2, 0.25) is 0 Å². The van der Waals surface area contributed by atoms with E-state index < -0.39 is 6.10 Å². The van der Waals surface area contributed by atoms with Gasteiger partial charge < -0.3 is 15.8 Å². The van der Waals surface area contributed by atoms with Crippen LogP contribution in [-0.4, -0.2) is 30.8 Å². The van der Waals surface area contributed by atoms with Gasteiger partial charge in [-0.3, -0.25) is 0 Å². The summed E-state index contributed by atoms with van der Waals surface area (Å²) < 4.78 is 0. The number of nitrogen functional groups attached to an aromatic ring is 1. The number of nitrogens with two attached hydrogens (primary N) is 1. The smallest absolute Gasteiger partial charge is 0.181 e. The summed E-state index contributed by atoms with van der Waals surface area (Å²) in [5.74, 6) is 0.495. The van der Waals surface area contributed by atoms with Crippen LogP contribution in [0.1, 0.15) is 11.7 Å². The second-order valence-corrected chi connectivity index (χ2v) is 5.28. The molecule has 0 radical (unpaired) electrons. The number of aliphatic hydroxyl groups is 1. The molecule has 3 aromatic rings. The van der Waals surface area contributed by atoms with Crippen LogP contribution >= 0.6 is 11.8 Å². The maximum absolute atomic E-state index is 10.2. The van der Waals surface area contributed by atoms with Gasteiger partial charge in [-0.15, -0.1) is 11.8 Å². The van der Waals surface area contributed by atoms with Crippen molar-refractivity contribution in [2.24, 2.45) is 0 Å². The fraction of sp³-hybridized carbons (Fsp3) is 0.154. The van der Waals surface area contributed by atoms with Gasteiger partial charge in [-0.05, 0) is 17.7 Å². The summed E-state index contributed by atoms with van der Waals surface area (Å²) in [6, 6.07) is 7.21. The van der Waals surface area contributed by atoms with Crippen molar-refractivity contribution in [2.75, 3.05) is 11.5 Å². The lowest BCUT2D eigenvalue weighted by atomic mass is 10.1. The number of hydrogen-bond acceptors (Lipinski definition) is 6. The molecule has 2 aromatic heterocycles. The predicted octanol–water partition coefficient (Wildman–Crippen LogP) is 1.76. The SMILES string of the molecule is Nc1ccc(C(O)CSc2ncnc3nc[nH]c23)cc1. The number of fused-ring (bicyclic) bond motifs is 1. The minimum absolute atomic E-state index is 0.495. The molecule has 0 fully saturated rings. The van der Waals surface area contributed by atoms with Crippen molar-refractivity contribution < 1.29 is 5.11 Å². The molecule has 7 heteroatoms. The minimum atomic E-state index is -0.575. The summed E-state index contributed by atoms with van der Waals surface area (Å²) in [6.07, 6.45) is 2.48. The van der Waals surface area contributed by atoms with E-state index in [1.165, 1.54) is 18.1 Å². The van der Waals surface area contributed by atoms with E-state index in [4.69, 9.17) is 5.73 Å². The van der Waals surface area contributed by atoms with Gasteiger partial charge in [0.15, 0.2) is 5.65 Å². The zero-order valence-corrected chi connectivity index (χ0v) is 11.3. The predicted molar refractivity (Wildman–Crippen MR) is 78.2 cm³/mol. The number of imidazole rings is 1. The second-order valence-electron chi connectivity index (χ2n) is 4.27. The Morgan fingerprint density at radius 3 is 2.80 bits per heavy atom. The molecule has 0 bridgehead atoms. The number of aromatic amines is 1. The standard InChI is InChI=1S/C13H13N5OS/c14-9-3-1-8(2-4-9)10(19)5-20-13-11-12(16-6-15-11)17-7-18-13/h1-4,6-7,10,19H,5,14H2,(H,15,16,17,18). The molecule has 0 aliphatic heterocycles. The van der Waals surface area contributed by atoms with Crippen LogP contribution < -0.4 is 5.73 Å². The Morgan fingerprint density at radius 2 is 2.00 bits per heavy atom. The normalized spacial score (nSPS) is 12.7. The zero-order chi connectivity index (χ0) is 13.9. The third kappa shape index (κ3) is 2.59. The van der Waals surface area contributed by atoms with Gasteiger partial charge in [0.2, 0.25) is 0 Å². The molecule has 1 unspecified atom stereocenters. The van der Waals surface area contributed by atoms with Crippen molar-refractivity contribution in [1.29, 1.82) is 0 Å². The van der Waals surface area contributed by atoms with E-state index in [2.05, 4.69) is 19.9 Å². The first-order valence-electron chi connectivity index (χ1n) is 6.04. The van der Waals surface area contributed by atoms with Gasteiger partial charge in [0.1, 0.15) is 16.9 Å². The average Bonchev–Trinajstić information content (AvgIpc) is 2.94. The van der Waals surface area contributed by atoms with E-state index in [1.807, 2.05) is 12.1 Å². The summed E-state index contributed by atoms with van der Waals surface area (Å²) in [5.41, 5.74) is 8.57. The Bertz CT molecular complexity index is 712. The molecule has 0 spiro atoms. The minimum Gasteiger partial charge on any atom is -0.399 e. The van der Waals surface area contributed by atoms with Gasteiger partial charge in [-0.1, -0.05) is 12.1 Å². The second kappa shape index (κ2) is 5.48. The van der Waals surface area contributed by atoms with E-state index in [-0.39, 0.29) is 0 Å². The lowest BCUT2D eigenvalue weighted by Crippen LogP contribution is -2.01. The molecule has 0 amide bonds. The first-order chi connectivity index (χ1) is 9.74.